The van der Waals surface area contributed by atoms with E-state index in [0.717, 1.165) is 13.0 Å². The molecule has 0 bridgehead atoms. The molecule has 82 valence electrons. The van der Waals surface area contributed by atoms with Crippen molar-refractivity contribution in [1.29, 1.82) is 0 Å². The van der Waals surface area contributed by atoms with Crippen molar-refractivity contribution in [1.82, 2.24) is 4.90 Å². The molecule has 1 aliphatic heterocycles. The Hall–Kier alpha value is -0.650. The lowest BCUT2D eigenvalue weighted by molar-refractivity contribution is -0.120. The van der Waals surface area contributed by atoms with Gasteiger partial charge in [-0.05, 0) is 18.9 Å². The van der Waals surface area contributed by atoms with Gasteiger partial charge < -0.3 is 16.6 Å². The molecule has 1 saturated heterocycles. The number of nitrogens with zero attached hydrogens (tertiary/aromatic N) is 1. The van der Waals surface area contributed by atoms with Crippen LogP contribution >= 0.6 is 0 Å². The number of nitrogens with two attached hydrogens (primary N) is 2. The summed E-state index contributed by atoms with van der Waals surface area (Å²) in [5.41, 5.74) is 10.6. The third-order valence-electron chi connectivity index (χ3n) is 2.82. The van der Waals surface area contributed by atoms with Crippen LogP contribution in [0.2, 0.25) is 0 Å². The zero-order valence-corrected chi connectivity index (χ0v) is 8.52. The molecule has 3 unspecified atom stereocenters. The number of amides is 1. The van der Waals surface area contributed by atoms with Gasteiger partial charge in [-0.3, -0.25) is 9.69 Å². The molecule has 0 aromatic carbocycles. The molecule has 14 heavy (non-hydrogen) atoms. The lowest BCUT2D eigenvalue weighted by Gasteiger charge is -2.34. The first-order valence-electron chi connectivity index (χ1n) is 4.96. The van der Waals surface area contributed by atoms with Crippen LogP contribution in [0.5, 0.6) is 0 Å². The third kappa shape index (κ3) is 2.94. The van der Waals surface area contributed by atoms with Crippen LogP contribution in [-0.2, 0) is 4.79 Å². The minimum atomic E-state index is -0.629. The monoisotopic (exact) mass is 201 g/mol. The molecule has 0 aromatic rings. The highest BCUT2D eigenvalue weighted by Gasteiger charge is 2.25. The zero-order valence-electron chi connectivity index (χ0n) is 8.52. The van der Waals surface area contributed by atoms with Gasteiger partial charge in [-0.2, -0.15) is 0 Å². The summed E-state index contributed by atoms with van der Waals surface area (Å²) in [6, 6.07) is -0.629. The first-order chi connectivity index (χ1) is 6.50. The molecule has 1 amide bonds. The van der Waals surface area contributed by atoms with Crippen molar-refractivity contribution in [2.45, 2.75) is 25.5 Å². The highest BCUT2D eigenvalue weighted by Crippen LogP contribution is 2.16. The molecule has 0 spiro atoms. The average Bonchev–Trinajstić information content (AvgIpc) is 2.11. The molecule has 0 radical (unpaired) electrons. The molecule has 0 aliphatic carbocycles. The molecule has 1 fully saturated rings. The van der Waals surface area contributed by atoms with E-state index in [1.807, 2.05) is 11.8 Å². The van der Waals surface area contributed by atoms with Crippen LogP contribution in [0, 0.1) is 5.92 Å². The second-order valence-corrected chi connectivity index (χ2v) is 4.10. The molecule has 1 heterocycles. The van der Waals surface area contributed by atoms with Gasteiger partial charge in [0.2, 0.25) is 5.91 Å². The predicted octanol–water partition coefficient (Wildman–Crippen LogP) is -1.50. The van der Waals surface area contributed by atoms with Gasteiger partial charge >= 0.3 is 0 Å². The van der Waals surface area contributed by atoms with Crippen molar-refractivity contribution in [3.63, 3.8) is 0 Å². The lowest BCUT2D eigenvalue weighted by Crippen LogP contribution is -2.51. The van der Waals surface area contributed by atoms with Crippen molar-refractivity contribution >= 4 is 5.91 Å². The van der Waals surface area contributed by atoms with E-state index in [1.54, 1.807) is 0 Å². The fourth-order valence-corrected chi connectivity index (χ4v) is 1.65. The Kier molecular flexibility index (Phi) is 3.86. The first-order valence-corrected chi connectivity index (χ1v) is 4.96. The van der Waals surface area contributed by atoms with Gasteiger partial charge in [-0.15, -0.1) is 0 Å². The second-order valence-electron chi connectivity index (χ2n) is 4.10. The Morgan fingerprint density at radius 1 is 1.71 bits per heavy atom. The van der Waals surface area contributed by atoms with E-state index in [2.05, 4.69) is 0 Å². The van der Waals surface area contributed by atoms with Gasteiger partial charge in [0.15, 0.2) is 0 Å². The number of hydrogen-bond donors (Lipinski definition) is 3. The summed E-state index contributed by atoms with van der Waals surface area (Å²) in [6.45, 7) is 3.93. The smallest absolute Gasteiger partial charge is 0.235 e. The largest absolute Gasteiger partial charge is 0.392 e. The SMILES string of the molecule is CC1CCN(CC(N)C(N)=O)CC1O. The zero-order chi connectivity index (χ0) is 10.7. The van der Waals surface area contributed by atoms with Crippen LogP contribution in [-0.4, -0.2) is 47.7 Å². The summed E-state index contributed by atoms with van der Waals surface area (Å²) in [6.07, 6.45) is 0.621. The van der Waals surface area contributed by atoms with E-state index in [0.29, 0.717) is 19.0 Å². The van der Waals surface area contributed by atoms with Crippen LogP contribution in [0.3, 0.4) is 0 Å². The number of aliphatic hydroxyl groups is 1. The molecular weight excluding hydrogens is 182 g/mol. The third-order valence-corrected chi connectivity index (χ3v) is 2.82. The van der Waals surface area contributed by atoms with Gasteiger partial charge in [0.05, 0.1) is 12.1 Å². The number of β-amino-alcohol motifs (C(OH)–C–C–N with tert-alkyl or cyclic N) is 1. The standard InChI is InChI=1S/C9H19N3O2/c1-6-2-3-12(5-8(6)13)4-7(10)9(11)14/h6-8,13H,2-5,10H2,1H3,(H2,11,14). The van der Waals surface area contributed by atoms with Crippen LogP contribution in [0.25, 0.3) is 0 Å². The van der Waals surface area contributed by atoms with Crippen molar-refractivity contribution in [2.75, 3.05) is 19.6 Å². The van der Waals surface area contributed by atoms with Crippen molar-refractivity contribution in [2.24, 2.45) is 17.4 Å². The molecule has 0 saturated carbocycles. The summed E-state index contributed by atoms with van der Waals surface area (Å²) >= 11 is 0. The Morgan fingerprint density at radius 2 is 2.36 bits per heavy atom. The number of rotatable bonds is 3. The summed E-state index contributed by atoms with van der Waals surface area (Å²) < 4.78 is 0. The van der Waals surface area contributed by atoms with Gasteiger partial charge in [0, 0.05) is 13.1 Å². The number of carbonyl (C=O) groups is 1. The maximum atomic E-state index is 10.7. The minimum Gasteiger partial charge on any atom is -0.392 e. The molecule has 5 nitrogen and oxygen atoms in total. The topological polar surface area (TPSA) is 92.6 Å². The normalized spacial score (nSPS) is 31.4. The van der Waals surface area contributed by atoms with E-state index in [4.69, 9.17) is 11.5 Å². The van der Waals surface area contributed by atoms with Gasteiger partial charge in [0.25, 0.3) is 0 Å². The number of aliphatic hydroxyl groups excluding tert-OH is 1. The maximum Gasteiger partial charge on any atom is 0.235 e. The molecule has 5 heteroatoms. The van der Waals surface area contributed by atoms with Gasteiger partial charge in [0.1, 0.15) is 0 Å². The molecule has 1 aliphatic rings. The summed E-state index contributed by atoms with van der Waals surface area (Å²) in [4.78, 5) is 12.7. The summed E-state index contributed by atoms with van der Waals surface area (Å²) in [5, 5.41) is 9.60. The van der Waals surface area contributed by atoms with Crippen LogP contribution in [0.1, 0.15) is 13.3 Å². The minimum absolute atomic E-state index is 0.316. The number of hydrogen-bond acceptors (Lipinski definition) is 4. The molecule has 1 rings (SSSR count). The highest BCUT2D eigenvalue weighted by atomic mass is 16.3. The van der Waals surface area contributed by atoms with Crippen molar-refractivity contribution in [3.05, 3.63) is 0 Å². The molecule has 3 atom stereocenters. The summed E-state index contributed by atoms with van der Waals surface area (Å²) in [7, 11) is 0. The lowest BCUT2D eigenvalue weighted by atomic mass is 9.96. The van der Waals surface area contributed by atoms with Crippen LogP contribution < -0.4 is 11.5 Å². The van der Waals surface area contributed by atoms with Gasteiger partial charge in [-0.25, -0.2) is 0 Å². The van der Waals surface area contributed by atoms with Crippen LogP contribution in [0.4, 0.5) is 0 Å². The van der Waals surface area contributed by atoms with Crippen molar-refractivity contribution in [3.8, 4) is 0 Å². The van der Waals surface area contributed by atoms with E-state index in [9.17, 15) is 9.90 Å². The maximum absolute atomic E-state index is 10.7. The Morgan fingerprint density at radius 3 is 2.86 bits per heavy atom. The number of carbonyl (C=O) groups excluding carboxylic acids is 1. The van der Waals surface area contributed by atoms with E-state index in [-0.39, 0.29) is 6.10 Å². The molecular formula is C9H19N3O2. The second kappa shape index (κ2) is 4.72. The van der Waals surface area contributed by atoms with Crippen LogP contribution in [0.15, 0.2) is 0 Å². The molecule has 0 aromatic heterocycles. The Bertz CT molecular complexity index is 210. The quantitative estimate of drug-likeness (QED) is 0.518. The van der Waals surface area contributed by atoms with E-state index in [1.165, 1.54) is 0 Å². The fraction of sp³-hybridized carbons (Fsp3) is 0.889. The average molecular weight is 201 g/mol. The number of likely N-dealkylation sites (tertiary alicyclic amines) is 1. The fourth-order valence-electron chi connectivity index (χ4n) is 1.65. The molecule has 5 N–H and O–H groups in total. The highest BCUT2D eigenvalue weighted by molar-refractivity contribution is 5.79. The Balaban J connectivity index is 2.36. The summed E-state index contributed by atoms with van der Waals surface area (Å²) in [5.74, 6) is -0.158. The predicted molar refractivity (Wildman–Crippen MR) is 53.4 cm³/mol. The van der Waals surface area contributed by atoms with Gasteiger partial charge in [-0.1, -0.05) is 6.92 Å². The first kappa shape index (κ1) is 11.4. The van der Waals surface area contributed by atoms with E-state index >= 15 is 0 Å². The van der Waals surface area contributed by atoms with Crippen molar-refractivity contribution < 1.29 is 9.90 Å². The Labute approximate surface area is 84.0 Å². The number of primary amides is 1. The number of piperidine rings is 1. The van der Waals surface area contributed by atoms with E-state index < -0.39 is 11.9 Å².